The monoisotopic (exact) mass is 251 g/mol. The first-order valence-corrected chi connectivity index (χ1v) is 5.48. The summed E-state index contributed by atoms with van der Waals surface area (Å²) >= 11 is 11.7. The van der Waals surface area contributed by atoms with Gasteiger partial charge >= 0.3 is 0 Å². The van der Waals surface area contributed by atoms with Crippen molar-refractivity contribution < 1.29 is 4.74 Å². The molecule has 0 aliphatic rings. The van der Waals surface area contributed by atoms with Crippen LogP contribution in [-0.2, 0) is 18.3 Å². The third kappa shape index (κ3) is 3.65. The van der Waals surface area contributed by atoms with Gasteiger partial charge in [-0.05, 0) is 24.6 Å². The minimum atomic E-state index is 0.411. The van der Waals surface area contributed by atoms with Gasteiger partial charge in [0.1, 0.15) is 0 Å². The van der Waals surface area contributed by atoms with Gasteiger partial charge in [0.25, 0.3) is 0 Å². The predicted molar refractivity (Wildman–Crippen MR) is 61.4 cm³/mol. The molecule has 0 saturated heterocycles. The average molecular weight is 252 g/mol. The molecular weight excluding hydrogens is 237 g/mol. The Morgan fingerprint density at radius 2 is 2.20 bits per heavy atom. The zero-order valence-corrected chi connectivity index (χ0v) is 10.4. The maximum Gasteiger partial charge on any atom is 0.204 e. The average Bonchev–Trinajstić information content (AvgIpc) is 2.44. The molecule has 0 aliphatic carbocycles. The fourth-order valence-corrected chi connectivity index (χ4v) is 1.71. The molecule has 0 fully saturated rings. The highest BCUT2D eigenvalue weighted by Crippen LogP contribution is 2.18. The molecular formula is C9H15Cl2N3O. The Morgan fingerprint density at radius 1 is 1.47 bits per heavy atom. The van der Waals surface area contributed by atoms with Crippen molar-refractivity contribution in [2.24, 2.45) is 7.05 Å². The number of rotatable bonds is 6. The minimum Gasteiger partial charge on any atom is -0.385 e. The molecule has 15 heavy (non-hydrogen) atoms. The van der Waals surface area contributed by atoms with Crippen LogP contribution in [0.1, 0.15) is 12.1 Å². The molecule has 0 amide bonds. The topological polar surface area (TPSA) is 39.1 Å². The summed E-state index contributed by atoms with van der Waals surface area (Å²) in [4.78, 5) is 3.95. The highest BCUT2D eigenvalue weighted by atomic mass is 35.5. The van der Waals surface area contributed by atoms with E-state index in [9.17, 15) is 0 Å². The Morgan fingerprint density at radius 3 is 2.73 bits per heavy atom. The second-order valence-electron chi connectivity index (χ2n) is 3.20. The van der Waals surface area contributed by atoms with Gasteiger partial charge in [-0.15, -0.1) is 0 Å². The largest absolute Gasteiger partial charge is 0.385 e. The van der Waals surface area contributed by atoms with E-state index in [0.717, 1.165) is 25.3 Å². The number of halogens is 2. The van der Waals surface area contributed by atoms with Crippen molar-refractivity contribution in [2.45, 2.75) is 13.0 Å². The van der Waals surface area contributed by atoms with Crippen molar-refractivity contribution in [1.82, 2.24) is 14.9 Å². The van der Waals surface area contributed by atoms with Crippen molar-refractivity contribution in [3.63, 3.8) is 0 Å². The summed E-state index contributed by atoms with van der Waals surface area (Å²) < 4.78 is 6.71. The number of methoxy groups -OCH3 is 1. The quantitative estimate of drug-likeness (QED) is 0.785. The van der Waals surface area contributed by atoms with Gasteiger partial charge in [-0.2, -0.15) is 0 Å². The number of ether oxygens (including phenoxy) is 1. The van der Waals surface area contributed by atoms with Crippen LogP contribution in [0.2, 0.25) is 10.4 Å². The fraction of sp³-hybridized carbons (Fsp3) is 0.667. The number of hydrogen-bond donors (Lipinski definition) is 1. The molecule has 0 aromatic carbocycles. The first kappa shape index (κ1) is 12.8. The molecule has 0 aliphatic heterocycles. The van der Waals surface area contributed by atoms with E-state index in [2.05, 4.69) is 10.3 Å². The molecule has 1 N–H and O–H groups in total. The third-order valence-corrected chi connectivity index (χ3v) is 2.75. The Labute approximate surface area is 99.5 Å². The summed E-state index contributed by atoms with van der Waals surface area (Å²) in [7, 11) is 3.53. The Hall–Kier alpha value is -0.290. The van der Waals surface area contributed by atoms with Gasteiger partial charge in [-0.1, -0.05) is 11.6 Å². The molecule has 1 aromatic heterocycles. The minimum absolute atomic E-state index is 0.411. The van der Waals surface area contributed by atoms with Crippen LogP contribution < -0.4 is 5.32 Å². The summed E-state index contributed by atoms with van der Waals surface area (Å²) in [5, 5.41) is 4.12. The molecule has 0 atom stereocenters. The summed E-state index contributed by atoms with van der Waals surface area (Å²) in [6.45, 7) is 2.30. The smallest absolute Gasteiger partial charge is 0.204 e. The maximum atomic E-state index is 5.91. The summed E-state index contributed by atoms with van der Waals surface area (Å²) in [6.07, 6.45) is 0.972. The SMILES string of the molecule is COCCCNCc1c(Cl)nc(Cl)n1C. The second-order valence-corrected chi connectivity index (χ2v) is 3.90. The van der Waals surface area contributed by atoms with Crippen molar-refractivity contribution in [1.29, 1.82) is 0 Å². The third-order valence-electron chi connectivity index (χ3n) is 2.10. The molecule has 6 heteroatoms. The van der Waals surface area contributed by atoms with Crippen LogP contribution in [-0.4, -0.2) is 29.8 Å². The van der Waals surface area contributed by atoms with Gasteiger partial charge in [0.2, 0.25) is 5.28 Å². The second kappa shape index (κ2) is 6.33. The number of hydrogen-bond acceptors (Lipinski definition) is 3. The molecule has 0 unspecified atom stereocenters. The predicted octanol–water partition coefficient (Wildman–Crippen LogP) is 1.85. The van der Waals surface area contributed by atoms with Gasteiger partial charge in [0.15, 0.2) is 5.15 Å². The van der Waals surface area contributed by atoms with Crippen LogP contribution in [0.15, 0.2) is 0 Å². The van der Waals surface area contributed by atoms with Gasteiger partial charge in [-0.3, -0.25) is 0 Å². The highest BCUT2D eigenvalue weighted by Gasteiger charge is 2.10. The van der Waals surface area contributed by atoms with Crippen molar-refractivity contribution >= 4 is 23.2 Å². The van der Waals surface area contributed by atoms with Gasteiger partial charge in [-0.25, -0.2) is 4.98 Å². The van der Waals surface area contributed by atoms with Crippen molar-refractivity contribution in [3.05, 3.63) is 16.1 Å². The zero-order valence-electron chi connectivity index (χ0n) is 8.89. The van der Waals surface area contributed by atoms with Gasteiger partial charge < -0.3 is 14.6 Å². The van der Waals surface area contributed by atoms with Crippen LogP contribution in [0.4, 0.5) is 0 Å². The molecule has 0 saturated carbocycles. The summed E-state index contributed by atoms with van der Waals surface area (Å²) in [5.74, 6) is 0. The maximum absolute atomic E-state index is 5.91. The molecule has 4 nitrogen and oxygen atoms in total. The number of nitrogens with one attached hydrogen (secondary N) is 1. The summed E-state index contributed by atoms with van der Waals surface area (Å²) in [5.41, 5.74) is 0.902. The lowest BCUT2D eigenvalue weighted by Crippen LogP contribution is -2.18. The van der Waals surface area contributed by atoms with E-state index in [1.54, 1.807) is 11.7 Å². The normalized spacial score (nSPS) is 10.9. The van der Waals surface area contributed by atoms with E-state index < -0.39 is 0 Å². The van der Waals surface area contributed by atoms with Gasteiger partial charge in [0.05, 0.1) is 5.69 Å². The van der Waals surface area contributed by atoms with E-state index in [-0.39, 0.29) is 0 Å². The standard InChI is InChI=1S/C9H15Cl2N3O/c1-14-7(8(10)13-9(14)11)6-12-4-3-5-15-2/h12H,3-6H2,1-2H3. The zero-order chi connectivity index (χ0) is 11.3. The van der Waals surface area contributed by atoms with Crippen LogP contribution in [0.5, 0.6) is 0 Å². The van der Waals surface area contributed by atoms with E-state index in [0.29, 0.717) is 17.0 Å². The van der Waals surface area contributed by atoms with Crippen LogP contribution in [0.3, 0.4) is 0 Å². The lowest BCUT2D eigenvalue weighted by atomic mass is 10.4. The first-order valence-electron chi connectivity index (χ1n) is 4.73. The van der Waals surface area contributed by atoms with Crippen LogP contribution >= 0.6 is 23.2 Å². The fourth-order valence-electron chi connectivity index (χ4n) is 1.21. The first-order chi connectivity index (χ1) is 7.16. The number of aromatic nitrogens is 2. The molecule has 0 bridgehead atoms. The Balaban J connectivity index is 2.37. The lowest BCUT2D eigenvalue weighted by Gasteiger charge is -2.05. The molecule has 0 radical (unpaired) electrons. The van der Waals surface area contributed by atoms with Crippen LogP contribution in [0, 0.1) is 0 Å². The molecule has 1 heterocycles. The van der Waals surface area contributed by atoms with Crippen molar-refractivity contribution in [2.75, 3.05) is 20.3 Å². The van der Waals surface area contributed by atoms with E-state index >= 15 is 0 Å². The Kier molecular flexibility index (Phi) is 5.39. The Bertz CT molecular complexity index is 315. The number of nitrogens with zero attached hydrogens (tertiary/aromatic N) is 2. The van der Waals surface area contributed by atoms with Crippen molar-refractivity contribution in [3.8, 4) is 0 Å². The molecule has 86 valence electrons. The van der Waals surface area contributed by atoms with E-state index in [1.807, 2.05) is 7.05 Å². The van der Waals surface area contributed by atoms with Gasteiger partial charge in [0, 0.05) is 27.3 Å². The van der Waals surface area contributed by atoms with E-state index in [1.165, 1.54) is 0 Å². The molecule has 0 spiro atoms. The van der Waals surface area contributed by atoms with E-state index in [4.69, 9.17) is 27.9 Å². The molecule has 1 aromatic rings. The lowest BCUT2D eigenvalue weighted by molar-refractivity contribution is 0.194. The molecule has 1 rings (SSSR count). The summed E-state index contributed by atoms with van der Waals surface area (Å²) in [6, 6.07) is 0. The van der Waals surface area contributed by atoms with Crippen LogP contribution in [0.25, 0.3) is 0 Å². The highest BCUT2D eigenvalue weighted by molar-refractivity contribution is 6.32. The number of imidazole rings is 1.